The SMILES string of the molecule is CCOc1ccc(C(=O)N[C@@H](C(N)=O)c2ccccc2)cn1. The number of nitrogens with one attached hydrogen (secondary N) is 1. The van der Waals surface area contributed by atoms with E-state index in [1.165, 1.54) is 6.20 Å². The van der Waals surface area contributed by atoms with Gasteiger partial charge >= 0.3 is 0 Å². The Morgan fingerprint density at radius 3 is 2.50 bits per heavy atom. The highest BCUT2D eigenvalue weighted by Gasteiger charge is 2.20. The zero-order valence-electron chi connectivity index (χ0n) is 12.2. The van der Waals surface area contributed by atoms with Gasteiger partial charge in [-0.3, -0.25) is 9.59 Å². The molecule has 0 fully saturated rings. The molecule has 1 aromatic carbocycles. The van der Waals surface area contributed by atoms with Crippen molar-refractivity contribution in [2.24, 2.45) is 5.73 Å². The summed E-state index contributed by atoms with van der Waals surface area (Å²) in [5, 5.41) is 2.61. The number of hydrogen-bond acceptors (Lipinski definition) is 4. The van der Waals surface area contributed by atoms with Crippen molar-refractivity contribution in [3.05, 3.63) is 59.8 Å². The van der Waals surface area contributed by atoms with Crippen LogP contribution in [0.5, 0.6) is 5.88 Å². The van der Waals surface area contributed by atoms with Crippen LogP contribution in [0.1, 0.15) is 28.9 Å². The molecule has 0 spiro atoms. The highest BCUT2D eigenvalue weighted by atomic mass is 16.5. The summed E-state index contributed by atoms with van der Waals surface area (Å²) >= 11 is 0. The van der Waals surface area contributed by atoms with Gasteiger partial charge in [-0.25, -0.2) is 4.98 Å². The lowest BCUT2D eigenvalue weighted by Crippen LogP contribution is -2.37. The Morgan fingerprint density at radius 2 is 1.95 bits per heavy atom. The second-order valence-corrected chi connectivity index (χ2v) is 4.54. The van der Waals surface area contributed by atoms with Crippen molar-refractivity contribution in [2.45, 2.75) is 13.0 Å². The van der Waals surface area contributed by atoms with Gasteiger partial charge in [0.05, 0.1) is 12.2 Å². The van der Waals surface area contributed by atoms with Crippen molar-refractivity contribution >= 4 is 11.8 Å². The molecule has 2 amide bonds. The molecule has 0 aliphatic rings. The van der Waals surface area contributed by atoms with Crippen molar-refractivity contribution in [3.8, 4) is 5.88 Å². The minimum atomic E-state index is -0.889. The van der Waals surface area contributed by atoms with Gasteiger partial charge in [0, 0.05) is 12.3 Å². The van der Waals surface area contributed by atoms with Crippen LogP contribution in [-0.2, 0) is 4.79 Å². The van der Waals surface area contributed by atoms with Gasteiger partial charge in [-0.2, -0.15) is 0 Å². The summed E-state index contributed by atoms with van der Waals surface area (Å²) in [7, 11) is 0. The number of carbonyl (C=O) groups excluding carboxylic acids is 2. The highest BCUT2D eigenvalue weighted by molar-refractivity contribution is 5.97. The van der Waals surface area contributed by atoms with Crippen molar-refractivity contribution in [1.82, 2.24) is 10.3 Å². The molecule has 0 bridgehead atoms. The fourth-order valence-electron chi connectivity index (χ4n) is 1.93. The molecule has 6 nitrogen and oxygen atoms in total. The van der Waals surface area contributed by atoms with Crippen LogP contribution < -0.4 is 15.8 Å². The zero-order valence-corrected chi connectivity index (χ0v) is 12.2. The molecular weight excluding hydrogens is 282 g/mol. The van der Waals surface area contributed by atoms with E-state index < -0.39 is 17.9 Å². The largest absolute Gasteiger partial charge is 0.478 e. The molecule has 0 saturated heterocycles. The Balaban J connectivity index is 2.13. The molecule has 1 heterocycles. The molecule has 0 aliphatic heterocycles. The zero-order chi connectivity index (χ0) is 15.9. The Labute approximate surface area is 128 Å². The summed E-state index contributed by atoms with van der Waals surface area (Å²) in [6, 6.07) is 11.1. The summed E-state index contributed by atoms with van der Waals surface area (Å²) in [6.45, 7) is 2.34. The fourth-order valence-corrected chi connectivity index (χ4v) is 1.93. The number of pyridine rings is 1. The van der Waals surface area contributed by atoms with Crippen LogP contribution in [0.2, 0.25) is 0 Å². The molecule has 1 atom stereocenters. The molecule has 0 unspecified atom stereocenters. The number of amides is 2. The Morgan fingerprint density at radius 1 is 1.23 bits per heavy atom. The van der Waals surface area contributed by atoms with Gasteiger partial charge in [0.15, 0.2) is 0 Å². The highest BCUT2D eigenvalue weighted by Crippen LogP contribution is 2.14. The first kappa shape index (κ1) is 15.5. The van der Waals surface area contributed by atoms with Gasteiger partial charge in [-0.1, -0.05) is 30.3 Å². The van der Waals surface area contributed by atoms with E-state index in [9.17, 15) is 9.59 Å². The van der Waals surface area contributed by atoms with Crippen LogP contribution in [0, 0.1) is 0 Å². The second-order valence-electron chi connectivity index (χ2n) is 4.54. The molecular formula is C16H17N3O3. The Bertz CT molecular complexity index is 641. The van der Waals surface area contributed by atoms with Gasteiger partial charge in [0.25, 0.3) is 5.91 Å². The summed E-state index contributed by atoms with van der Waals surface area (Å²) in [6.07, 6.45) is 1.39. The van der Waals surface area contributed by atoms with Crippen molar-refractivity contribution < 1.29 is 14.3 Å². The lowest BCUT2D eigenvalue weighted by atomic mass is 10.1. The number of carbonyl (C=O) groups is 2. The van der Waals surface area contributed by atoms with Crippen LogP contribution in [0.3, 0.4) is 0 Å². The predicted octanol–water partition coefficient (Wildman–Crippen LogP) is 1.44. The average Bonchev–Trinajstić information content (AvgIpc) is 2.54. The molecule has 2 rings (SSSR count). The third kappa shape index (κ3) is 3.82. The van der Waals surface area contributed by atoms with Gasteiger partial charge in [-0.05, 0) is 18.6 Å². The lowest BCUT2D eigenvalue weighted by Gasteiger charge is -2.15. The van der Waals surface area contributed by atoms with Crippen molar-refractivity contribution in [1.29, 1.82) is 0 Å². The second kappa shape index (κ2) is 7.21. The van der Waals surface area contributed by atoms with E-state index >= 15 is 0 Å². The number of benzene rings is 1. The van der Waals surface area contributed by atoms with Crippen LogP contribution >= 0.6 is 0 Å². The minimum absolute atomic E-state index is 0.325. The third-order valence-corrected chi connectivity index (χ3v) is 2.98. The maximum Gasteiger partial charge on any atom is 0.253 e. The molecule has 3 N–H and O–H groups in total. The van der Waals surface area contributed by atoms with Gasteiger partial charge in [-0.15, -0.1) is 0 Å². The van der Waals surface area contributed by atoms with E-state index in [0.717, 1.165) is 0 Å². The number of aromatic nitrogens is 1. The first-order chi connectivity index (χ1) is 10.6. The topological polar surface area (TPSA) is 94.3 Å². The predicted molar refractivity (Wildman–Crippen MR) is 81.2 cm³/mol. The Kier molecular flexibility index (Phi) is 5.08. The lowest BCUT2D eigenvalue weighted by molar-refractivity contribution is -0.120. The van der Waals surface area contributed by atoms with Gasteiger partial charge < -0.3 is 15.8 Å². The van der Waals surface area contributed by atoms with E-state index in [1.807, 2.05) is 13.0 Å². The van der Waals surface area contributed by atoms with E-state index in [-0.39, 0.29) is 0 Å². The van der Waals surface area contributed by atoms with E-state index in [4.69, 9.17) is 10.5 Å². The summed E-state index contributed by atoms with van der Waals surface area (Å²) in [5.74, 6) is -0.616. The Hall–Kier alpha value is -2.89. The fraction of sp³-hybridized carbons (Fsp3) is 0.188. The number of hydrogen-bond donors (Lipinski definition) is 2. The molecule has 0 saturated carbocycles. The minimum Gasteiger partial charge on any atom is -0.478 e. The first-order valence-electron chi connectivity index (χ1n) is 6.85. The number of rotatable bonds is 6. The molecule has 6 heteroatoms. The summed E-state index contributed by atoms with van der Waals surface area (Å²) in [5.41, 5.74) is 6.32. The maximum absolute atomic E-state index is 12.2. The first-order valence-corrected chi connectivity index (χ1v) is 6.85. The summed E-state index contributed by atoms with van der Waals surface area (Å²) < 4.78 is 5.21. The monoisotopic (exact) mass is 299 g/mol. The molecule has 114 valence electrons. The van der Waals surface area contributed by atoms with Gasteiger partial charge in [0.1, 0.15) is 6.04 Å². The molecule has 1 aromatic heterocycles. The van der Waals surface area contributed by atoms with Crippen LogP contribution in [0.4, 0.5) is 0 Å². The average molecular weight is 299 g/mol. The number of nitrogens with two attached hydrogens (primary N) is 1. The van der Waals surface area contributed by atoms with Crippen LogP contribution in [0.25, 0.3) is 0 Å². The van der Waals surface area contributed by atoms with Crippen molar-refractivity contribution in [2.75, 3.05) is 6.61 Å². The quantitative estimate of drug-likeness (QED) is 0.843. The molecule has 2 aromatic rings. The summed E-state index contributed by atoms with van der Waals surface area (Å²) in [4.78, 5) is 27.8. The van der Waals surface area contributed by atoms with E-state index in [0.29, 0.717) is 23.6 Å². The van der Waals surface area contributed by atoms with Crippen LogP contribution in [0.15, 0.2) is 48.7 Å². The van der Waals surface area contributed by atoms with E-state index in [1.54, 1.807) is 36.4 Å². The number of nitrogens with zero attached hydrogens (tertiary/aromatic N) is 1. The van der Waals surface area contributed by atoms with Crippen molar-refractivity contribution in [3.63, 3.8) is 0 Å². The molecule has 22 heavy (non-hydrogen) atoms. The molecule has 0 aliphatic carbocycles. The maximum atomic E-state index is 12.2. The normalized spacial score (nSPS) is 11.5. The third-order valence-electron chi connectivity index (χ3n) is 2.98. The number of ether oxygens (including phenoxy) is 1. The number of primary amides is 1. The molecule has 0 radical (unpaired) electrons. The smallest absolute Gasteiger partial charge is 0.253 e. The van der Waals surface area contributed by atoms with Crippen LogP contribution in [-0.4, -0.2) is 23.4 Å². The standard InChI is InChI=1S/C16H17N3O3/c1-2-22-13-9-8-12(10-18-13)16(21)19-14(15(17)20)11-6-4-3-5-7-11/h3-10,14H,2H2,1H3,(H2,17,20)(H,19,21)/t14-/m1/s1. The van der Waals surface area contributed by atoms with Gasteiger partial charge in [0.2, 0.25) is 11.8 Å². The van der Waals surface area contributed by atoms with E-state index in [2.05, 4.69) is 10.3 Å².